The molecule has 1 atom stereocenters. The summed E-state index contributed by atoms with van der Waals surface area (Å²) in [5, 5.41) is 3.30. The van der Waals surface area contributed by atoms with Crippen LogP contribution in [0.3, 0.4) is 0 Å². The number of nitrogens with one attached hydrogen (secondary N) is 1. The van der Waals surface area contributed by atoms with Crippen molar-refractivity contribution in [2.75, 3.05) is 6.54 Å². The van der Waals surface area contributed by atoms with Gasteiger partial charge in [0.2, 0.25) is 5.91 Å². The minimum absolute atomic E-state index is 0.0473. The van der Waals surface area contributed by atoms with E-state index in [4.69, 9.17) is 4.42 Å². The van der Waals surface area contributed by atoms with Gasteiger partial charge in [-0.3, -0.25) is 9.59 Å². The molecule has 3 heterocycles. The number of amides is 2. The Labute approximate surface area is 185 Å². The Morgan fingerprint density at radius 2 is 1.90 bits per heavy atom. The summed E-state index contributed by atoms with van der Waals surface area (Å²) in [5.74, 6) is 1.75. The van der Waals surface area contributed by atoms with Crippen LogP contribution in [0.4, 0.5) is 0 Å². The smallest absolute Gasteiger partial charge is 0.271 e. The third kappa shape index (κ3) is 4.17. The Morgan fingerprint density at radius 1 is 1.19 bits per heavy atom. The van der Waals surface area contributed by atoms with E-state index in [9.17, 15) is 9.59 Å². The largest absolute Gasteiger partial charge is 0.463 e. The van der Waals surface area contributed by atoms with Gasteiger partial charge in [0.05, 0.1) is 18.5 Å². The zero-order valence-corrected chi connectivity index (χ0v) is 19.2. The highest BCUT2D eigenvalue weighted by Crippen LogP contribution is 2.34. The van der Waals surface area contributed by atoms with Gasteiger partial charge < -0.3 is 19.2 Å². The fraction of sp³-hybridized carbons (Fsp3) is 0.600. The number of nitrogens with zero attached hydrogens (tertiary/aromatic N) is 2. The quantitative estimate of drug-likeness (QED) is 0.729. The first kappa shape index (κ1) is 21.7. The summed E-state index contributed by atoms with van der Waals surface area (Å²) in [4.78, 5) is 29.0. The molecule has 2 amide bonds. The van der Waals surface area contributed by atoms with E-state index in [2.05, 4.69) is 26.1 Å². The summed E-state index contributed by atoms with van der Waals surface area (Å²) in [6.07, 6.45) is 6.79. The lowest BCUT2D eigenvalue weighted by molar-refractivity contribution is -0.134. The third-order valence-electron chi connectivity index (χ3n) is 7.05. The van der Waals surface area contributed by atoms with E-state index < -0.39 is 5.54 Å². The Morgan fingerprint density at radius 3 is 2.55 bits per heavy atom. The second kappa shape index (κ2) is 8.56. The van der Waals surface area contributed by atoms with Gasteiger partial charge in [0, 0.05) is 12.6 Å². The van der Waals surface area contributed by atoms with Crippen LogP contribution in [0.1, 0.15) is 70.3 Å². The van der Waals surface area contributed by atoms with Gasteiger partial charge in [-0.1, -0.05) is 20.8 Å². The summed E-state index contributed by atoms with van der Waals surface area (Å²) in [6, 6.07) is 7.68. The van der Waals surface area contributed by atoms with E-state index in [1.54, 1.807) is 11.2 Å². The van der Waals surface area contributed by atoms with Crippen LogP contribution < -0.4 is 5.32 Å². The maximum absolute atomic E-state index is 13.7. The van der Waals surface area contributed by atoms with Gasteiger partial charge in [-0.15, -0.1) is 0 Å². The molecule has 2 aliphatic rings. The minimum Gasteiger partial charge on any atom is -0.463 e. The van der Waals surface area contributed by atoms with Crippen LogP contribution in [0, 0.1) is 11.8 Å². The molecule has 0 radical (unpaired) electrons. The van der Waals surface area contributed by atoms with Gasteiger partial charge in [0.1, 0.15) is 17.0 Å². The van der Waals surface area contributed by atoms with Crippen LogP contribution in [0.2, 0.25) is 0 Å². The minimum atomic E-state index is -0.942. The molecule has 0 bridgehead atoms. The van der Waals surface area contributed by atoms with Gasteiger partial charge in [0.25, 0.3) is 5.91 Å². The van der Waals surface area contributed by atoms with Crippen molar-refractivity contribution < 1.29 is 14.0 Å². The summed E-state index contributed by atoms with van der Waals surface area (Å²) in [6.45, 7) is 9.48. The van der Waals surface area contributed by atoms with Crippen LogP contribution in [-0.2, 0) is 11.3 Å². The van der Waals surface area contributed by atoms with E-state index in [1.165, 1.54) is 0 Å². The standard InChI is InChI=1S/C25H35N3O3/c1-17(2)13-14-28-23(29)21-12-11-20(22-6-5-15-31-22)27(21)16-25(28,4)24(30)26-19-9-7-18(3)8-10-19/h5-6,11-12,15,17-19H,7-10,13-14,16H2,1-4H3,(H,26,30)/t18?,19?,25-/m1/s1. The van der Waals surface area contributed by atoms with Crippen LogP contribution >= 0.6 is 0 Å². The number of rotatable bonds is 6. The van der Waals surface area contributed by atoms with Crippen molar-refractivity contribution in [1.82, 2.24) is 14.8 Å². The molecule has 0 unspecified atom stereocenters. The number of carbonyl (C=O) groups is 2. The van der Waals surface area contributed by atoms with Crippen molar-refractivity contribution in [1.29, 1.82) is 0 Å². The molecule has 1 aliphatic heterocycles. The molecule has 2 aromatic rings. The number of furan rings is 1. The lowest BCUT2D eigenvalue weighted by Crippen LogP contribution is -2.65. The van der Waals surface area contributed by atoms with E-state index >= 15 is 0 Å². The van der Waals surface area contributed by atoms with Crippen molar-refractivity contribution in [2.45, 2.75) is 77.9 Å². The Hall–Kier alpha value is -2.50. The number of aromatic nitrogens is 1. The van der Waals surface area contributed by atoms with E-state index in [0.717, 1.165) is 43.7 Å². The first-order valence-corrected chi connectivity index (χ1v) is 11.7. The van der Waals surface area contributed by atoms with Crippen LogP contribution in [-0.4, -0.2) is 39.4 Å². The molecule has 168 valence electrons. The molecule has 0 spiro atoms. The average Bonchev–Trinajstić information content (AvgIpc) is 3.38. The molecule has 0 saturated heterocycles. The lowest BCUT2D eigenvalue weighted by Gasteiger charge is -2.45. The van der Waals surface area contributed by atoms with Crippen molar-refractivity contribution in [3.8, 4) is 11.5 Å². The van der Waals surface area contributed by atoms with Gasteiger partial charge in [-0.2, -0.15) is 0 Å². The molecular weight excluding hydrogens is 390 g/mol. The predicted molar refractivity (Wildman–Crippen MR) is 121 cm³/mol. The highest BCUT2D eigenvalue weighted by Gasteiger charge is 2.48. The molecule has 31 heavy (non-hydrogen) atoms. The van der Waals surface area contributed by atoms with Gasteiger partial charge in [-0.25, -0.2) is 0 Å². The molecule has 1 aliphatic carbocycles. The first-order valence-electron chi connectivity index (χ1n) is 11.7. The molecular formula is C25H35N3O3. The Balaban J connectivity index is 1.65. The second-order valence-corrected chi connectivity index (χ2v) is 10.0. The van der Waals surface area contributed by atoms with Crippen molar-refractivity contribution in [3.05, 3.63) is 36.2 Å². The van der Waals surface area contributed by atoms with Gasteiger partial charge >= 0.3 is 0 Å². The molecule has 1 saturated carbocycles. The molecule has 2 aromatic heterocycles. The van der Waals surface area contributed by atoms with Crippen LogP contribution in [0.5, 0.6) is 0 Å². The molecule has 1 fully saturated rings. The van der Waals surface area contributed by atoms with Crippen LogP contribution in [0.15, 0.2) is 34.9 Å². The highest BCUT2D eigenvalue weighted by molar-refractivity contribution is 6.00. The van der Waals surface area contributed by atoms with Gasteiger partial charge in [0.15, 0.2) is 0 Å². The maximum Gasteiger partial charge on any atom is 0.271 e. The fourth-order valence-corrected chi connectivity index (χ4v) is 4.90. The topological polar surface area (TPSA) is 67.5 Å². The highest BCUT2D eigenvalue weighted by atomic mass is 16.3. The predicted octanol–water partition coefficient (Wildman–Crippen LogP) is 4.70. The van der Waals surface area contributed by atoms with Crippen molar-refractivity contribution in [3.63, 3.8) is 0 Å². The van der Waals surface area contributed by atoms with Crippen LogP contribution in [0.25, 0.3) is 11.5 Å². The second-order valence-electron chi connectivity index (χ2n) is 10.0. The summed E-state index contributed by atoms with van der Waals surface area (Å²) in [5.41, 5.74) is 0.511. The van der Waals surface area contributed by atoms with Crippen molar-refractivity contribution >= 4 is 11.8 Å². The van der Waals surface area contributed by atoms with E-state index in [0.29, 0.717) is 30.5 Å². The fourth-order valence-electron chi connectivity index (χ4n) is 4.90. The molecule has 6 nitrogen and oxygen atoms in total. The molecule has 6 heteroatoms. The summed E-state index contributed by atoms with van der Waals surface area (Å²) >= 11 is 0. The monoisotopic (exact) mass is 425 g/mol. The summed E-state index contributed by atoms with van der Waals surface area (Å²) in [7, 11) is 0. The summed E-state index contributed by atoms with van der Waals surface area (Å²) < 4.78 is 7.55. The van der Waals surface area contributed by atoms with E-state index in [-0.39, 0.29) is 17.9 Å². The zero-order chi connectivity index (χ0) is 22.2. The Kier molecular flexibility index (Phi) is 6.00. The number of carbonyl (C=O) groups excluding carboxylic acids is 2. The normalized spacial score (nSPS) is 26.2. The lowest BCUT2D eigenvalue weighted by atomic mass is 9.86. The molecule has 0 aromatic carbocycles. The third-order valence-corrected chi connectivity index (χ3v) is 7.05. The number of hydrogen-bond acceptors (Lipinski definition) is 3. The number of hydrogen-bond donors (Lipinski definition) is 1. The molecule has 1 N–H and O–H groups in total. The SMILES string of the molecule is CC(C)CCN1C(=O)c2ccc(-c3ccco3)n2C[C@]1(C)C(=O)NC1CCC(C)CC1. The zero-order valence-electron chi connectivity index (χ0n) is 19.2. The van der Waals surface area contributed by atoms with Crippen molar-refractivity contribution in [2.24, 2.45) is 11.8 Å². The van der Waals surface area contributed by atoms with E-state index in [1.807, 2.05) is 35.8 Å². The van der Waals surface area contributed by atoms with Gasteiger partial charge in [-0.05, 0) is 75.1 Å². The molecule has 4 rings (SSSR count). The Bertz CT molecular complexity index is 922. The average molecular weight is 426 g/mol. The maximum atomic E-state index is 13.7. The first-order chi connectivity index (χ1) is 14.8. The number of fused-ring (bicyclic) bond motifs is 1.